The maximum absolute atomic E-state index is 12.7. The van der Waals surface area contributed by atoms with Gasteiger partial charge in [0.05, 0.1) is 13.2 Å². The van der Waals surface area contributed by atoms with Crippen LogP contribution in [-0.4, -0.2) is 72.1 Å². The van der Waals surface area contributed by atoms with E-state index in [0.29, 0.717) is 19.5 Å². The minimum atomic E-state index is -0.318. The lowest BCUT2D eigenvalue weighted by Gasteiger charge is -2.29. The van der Waals surface area contributed by atoms with E-state index >= 15 is 0 Å². The number of amides is 3. The summed E-state index contributed by atoms with van der Waals surface area (Å²) in [5, 5.41) is 0. The standard InChI is InChI=1S/C17H21N3O3/c21-16-15-11-13-3-1-2-4-14(13)12-20(15)17(22)19(16)6-5-18-7-9-23-10-8-18/h1-4,15H,5-12H2. The van der Waals surface area contributed by atoms with E-state index in [1.807, 2.05) is 18.2 Å². The van der Waals surface area contributed by atoms with Crippen molar-refractivity contribution in [2.24, 2.45) is 0 Å². The van der Waals surface area contributed by atoms with Crippen LogP contribution < -0.4 is 0 Å². The fourth-order valence-corrected chi connectivity index (χ4v) is 3.65. The highest BCUT2D eigenvalue weighted by molar-refractivity contribution is 6.04. The van der Waals surface area contributed by atoms with Crippen molar-refractivity contribution in [3.8, 4) is 0 Å². The molecule has 3 aliphatic rings. The zero-order valence-electron chi connectivity index (χ0n) is 13.1. The SMILES string of the molecule is O=C1C2Cc3ccccc3CN2C(=O)N1CCN1CCOCC1. The molecular weight excluding hydrogens is 294 g/mol. The Labute approximate surface area is 135 Å². The molecule has 0 aromatic heterocycles. The van der Waals surface area contributed by atoms with E-state index in [1.165, 1.54) is 10.5 Å². The molecule has 2 fully saturated rings. The molecule has 0 aliphatic carbocycles. The average molecular weight is 315 g/mol. The second kappa shape index (κ2) is 5.94. The molecule has 4 rings (SSSR count). The second-order valence-electron chi connectivity index (χ2n) is 6.34. The molecule has 1 atom stereocenters. The quantitative estimate of drug-likeness (QED) is 0.771. The Hall–Kier alpha value is -1.92. The third-order valence-corrected chi connectivity index (χ3v) is 5.02. The van der Waals surface area contributed by atoms with Crippen LogP contribution in [0.1, 0.15) is 11.1 Å². The van der Waals surface area contributed by atoms with Gasteiger partial charge in [-0.1, -0.05) is 24.3 Å². The molecule has 23 heavy (non-hydrogen) atoms. The summed E-state index contributed by atoms with van der Waals surface area (Å²) in [6, 6.07) is 7.62. The van der Waals surface area contributed by atoms with Crippen LogP contribution in [0.25, 0.3) is 0 Å². The summed E-state index contributed by atoms with van der Waals surface area (Å²) in [5.41, 5.74) is 2.34. The van der Waals surface area contributed by atoms with E-state index in [-0.39, 0.29) is 18.0 Å². The molecule has 3 heterocycles. The molecule has 6 nitrogen and oxygen atoms in total. The molecule has 0 bridgehead atoms. The lowest BCUT2D eigenvalue weighted by Crippen LogP contribution is -2.43. The summed E-state index contributed by atoms with van der Waals surface area (Å²) in [7, 11) is 0. The molecule has 0 N–H and O–H groups in total. The van der Waals surface area contributed by atoms with Crippen molar-refractivity contribution in [2.45, 2.75) is 19.0 Å². The van der Waals surface area contributed by atoms with Crippen LogP contribution in [-0.2, 0) is 22.5 Å². The van der Waals surface area contributed by atoms with Gasteiger partial charge in [-0.25, -0.2) is 4.79 Å². The molecule has 1 aromatic carbocycles. The van der Waals surface area contributed by atoms with Crippen LogP contribution in [0.3, 0.4) is 0 Å². The predicted molar refractivity (Wildman–Crippen MR) is 83.8 cm³/mol. The van der Waals surface area contributed by atoms with Crippen LogP contribution >= 0.6 is 0 Å². The van der Waals surface area contributed by atoms with Crippen LogP contribution in [0.2, 0.25) is 0 Å². The summed E-state index contributed by atoms with van der Waals surface area (Å²) >= 11 is 0. The van der Waals surface area contributed by atoms with E-state index in [9.17, 15) is 9.59 Å². The van der Waals surface area contributed by atoms with Crippen molar-refractivity contribution in [1.82, 2.24) is 14.7 Å². The zero-order chi connectivity index (χ0) is 15.8. The highest BCUT2D eigenvalue weighted by Gasteiger charge is 2.46. The van der Waals surface area contributed by atoms with Crippen molar-refractivity contribution >= 4 is 11.9 Å². The van der Waals surface area contributed by atoms with Gasteiger partial charge in [0.15, 0.2) is 0 Å². The maximum Gasteiger partial charge on any atom is 0.327 e. The highest BCUT2D eigenvalue weighted by atomic mass is 16.5. The lowest BCUT2D eigenvalue weighted by atomic mass is 9.95. The first-order valence-corrected chi connectivity index (χ1v) is 8.23. The molecule has 3 aliphatic heterocycles. The Morgan fingerprint density at radius 3 is 2.57 bits per heavy atom. The molecule has 6 heteroatoms. The third kappa shape index (κ3) is 2.62. The van der Waals surface area contributed by atoms with E-state index < -0.39 is 0 Å². The first-order chi connectivity index (χ1) is 11.2. The molecule has 1 unspecified atom stereocenters. The fourth-order valence-electron chi connectivity index (χ4n) is 3.65. The van der Waals surface area contributed by atoms with Crippen LogP contribution in [0.15, 0.2) is 24.3 Å². The summed E-state index contributed by atoms with van der Waals surface area (Å²) < 4.78 is 5.33. The first kappa shape index (κ1) is 14.7. The number of fused-ring (bicyclic) bond motifs is 2. The number of carbonyl (C=O) groups is 2. The van der Waals surface area contributed by atoms with Crippen molar-refractivity contribution in [2.75, 3.05) is 39.4 Å². The second-order valence-corrected chi connectivity index (χ2v) is 6.34. The molecule has 0 spiro atoms. The Kier molecular flexibility index (Phi) is 3.79. The van der Waals surface area contributed by atoms with Gasteiger partial charge < -0.3 is 9.64 Å². The number of rotatable bonds is 3. The molecule has 3 amide bonds. The van der Waals surface area contributed by atoms with Crippen LogP contribution in [0, 0.1) is 0 Å². The molecule has 0 saturated carbocycles. The number of morpholine rings is 1. The number of hydrogen-bond donors (Lipinski definition) is 0. The minimum Gasteiger partial charge on any atom is -0.379 e. The number of nitrogens with zero attached hydrogens (tertiary/aromatic N) is 3. The number of urea groups is 1. The minimum absolute atomic E-state index is 0.0437. The van der Waals surface area contributed by atoms with E-state index in [0.717, 1.165) is 38.4 Å². The molecule has 1 aromatic rings. The molecule has 122 valence electrons. The highest BCUT2D eigenvalue weighted by Crippen LogP contribution is 2.29. The maximum atomic E-state index is 12.7. The lowest BCUT2D eigenvalue weighted by molar-refractivity contribution is -0.128. The van der Waals surface area contributed by atoms with Crippen molar-refractivity contribution in [3.63, 3.8) is 0 Å². The van der Waals surface area contributed by atoms with Gasteiger partial charge in [0.25, 0.3) is 5.91 Å². The van der Waals surface area contributed by atoms with Crippen LogP contribution in [0.5, 0.6) is 0 Å². The van der Waals surface area contributed by atoms with Gasteiger partial charge in [0.2, 0.25) is 0 Å². The number of ether oxygens (including phenoxy) is 1. The van der Waals surface area contributed by atoms with Gasteiger partial charge in [0.1, 0.15) is 6.04 Å². The fraction of sp³-hybridized carbons (Fsp3) is 0.529. The van der Waals surface area contributed by atoms with Crippen molar-refractivity contribution in [1.29, 1.82) is 0 Å². The predicted octanol–water partition coefficient (Wildman–Crippen LogP) is 0.708. The molecule has 0 radical (unpaired) electrons. The zero-order valence-corrected chi connectivity index (χ0v) is 13.1. The first-order valence-electron chi connectivity index (χ1n) is 8.23. The summed E-state index contributed by atoms with van der Waals surface area (Å²) in [4.78, 5) is 30.7. The molecular formula is C17H21N3O3. The Balaban J connectivity index is 1.45. The van der Waals surface area contributed by atoms with Crippen LogP contribution in [0.4, 0.5) is 4.79 Å². The van der Waals surface area contributed by atoms with Gasteiger partial charge in [-0.2, -0.15) is 0 Å². The number of hydrogen-bond acceptors (Lipinski definition) is 4. The summed E-state index contributed by atoms with van der Waals surface area (Å²) in [6.45, 7) is 4.94. The van der Waals surface area contributed by atoms with Gasteiger partial charge >= 0.3 is 6.03 Å². The van der Waals surface area contributed by atoms with E-state index in [4.69, 9.17) is 4.74 Å². The number of benzene rings is 1. The van der Waals surface area contributed by atoms with E-state index in [2.05, 4.69) is 11.0 Å². The van der Waals surface area contributed by atoms with Crippen molar-refractivity contribution in [3.05, 3.63) is 35.4 Å². The Morgan fingerprint density at radius 1 is 1.04 bits per heavy atom. The monoisotopic (exact) mass is 315 g/mol. The Morgan fingerprint density at radius 2 is 1.78 bits per heavy atom. The van der Waals surface area contributed by atoms with E-state index in [1.54, 1.807) is 4.90 Å². The van der Waals surface area contributed by atoms with Crippen molar-refractivity contribution < 1.29 is 14.3 Å². The Bertz CT molecular complexity index is 584. The summed E-state index contributed by atoms with van der Waals surface area (Å²) in [6.07, 6.45) is 0.634. The largest absolute Gasteiger partial charge is 0.379 e. The average Bonchev–Trinajstić information content (AvgIpc) is 2.83. The smallest absolute Gasteiger partial charge is 0.327 e. The topological polar surface area (TPSA) is 53.1 Å². The third-order valence-electron chi connectivity index (χ3n) is 5.02. The summed E-state index contributed by atoms with van der Waals surface area (Å²) in [5.74, 6) is -0.0437. The van der Waals surface area contributed by atoms with Gasteiger partial charge in [0, 0.05) is 39.1 Å². The number of carbonyl (C=O) groups excluding carboxylic acids is 2. The van der Waals surface area contributed by atoms with Gasteiger partial charge in [-0.15, -0.1) is 0 Å². The number of imide groups is 1. The molecule has 2 saturated heterocycles. The van der Waals surface area contributed by atoms with Gasteiger partial charge in [-0.3, -0.25) is 14.6 Å². The normalized spacial score (nSPS) is 24.8. The van der Waals surface area contributed by atoms with Gasteiger partial charge in [-0.05, 0) is 11.1 Å².